The highest BCUT2D eigenvalue weighted by Crippen LogP contribution is 2.24. The summed E-state index contributed by atoms with van der Waals surface area (Å²) in [5, 5.41) is 12.6. The summed E-state index contributed by atoms with van der Waals surface area (Å²) in [5.74, 6) is 0.281. The molecular formula is C22H28N2O6S. The number of hydrogen-bond acceptors (Lipinski definition) is 6. The predicted octanol–water partition coefficient (Wildman–Crippen LogP) is 1.59. The van der Waals surface area contributed by atoms with Crippen LogP contribution in [0.15, 0.2) is 59.5 Å². The number of rotatable bonds is 9. The van der Waals surface area contributed by atoms with Crippen molar-refractivity contribution in [2.24, 2.45) is 0 Å². The first-order valence-corrected chi connectivity index (χ1v) is 11.6. The lowest BCUT2D eigenvalue weighted by Crippen LogP contribution is -2.51. The lowest BCUT2D eigenvalue weighted by atomic mass is 9.98. The molecule has 3 atom stereocenters. The molecular weight excluding hydrogens is 420 g/mol. The van der Waals surface area contributed by atoms with Gasteiger partial charge in [-0.15, -0.1) is 0 Å². The SMILES string of the molecule is COc1cccc(S(=O)(=O)N[C@H]2CC[C@H](CC(=O)NCc3ccccc3)O[C@@H]2CO)c1. The quantitative estimate of drug-likeness (QED) is 0.537. The molecule has 0 unspecified atom stereocenters. The summed E-state index contributed by atoms with van der Waals surface area (Å²) in [6, 6.07) is 15.2. The van der Waals surface area contributed by atoms with Crippen molar-refractivity contribution >= 4 is 15.9 Å². The summed E-state index contributed by atoms with van der Waals surface area (Å²) in [4.78, 5) is 12.3. The van der Waals surface area contributed by atoms with Crippen molar-refractivity contribution < 1.29 is 27.8 Å². The molecule has 2 aromatic carbocycles. The number of nitrogens with one attached hydrogen (secondary N) is 2. The van der Waals surface area contributed by atoms with Crippen LogP contribution in [0.5, 0.6) is 5.75 Å². The molecule has 168 valence electrons. The Labute approximate surface area is 182 Å². The Morgan fingerprint density at radius 2 is 1.94 bits per heavy atom. The van der Waals surface area contributed by atoms with E-state index < -0.39 is 22.2 Å². The van der Waals surface area contributed by atoms with Gasteiger partial charge in [-0.3, -0.25) is 4.79 Å². The van der Waals surface area contributed by atoms with Crippen molar-refractivity contribution in [1.82, 2.24) is 10.0 Å². The second-order valence-electron chi connectivity index (χ2n) is 7.43. The minimum Gasteiger partial charge on any atom is -0.497 e. The Morgan fingerprint density at radius 3 is 2.65 bits per heavy atom. The molecule has 9 heteroatoms. The van der Waals surface area contributed by atoms with Crippen LogP contribution in [-0.2, 0) is 26.1 Å². The Kier molecular flexibility index (Phi) is 8.03. The fourth-order valence-corrected chi connectivity index (χ4v) is 4.86. The van der Waals surface area contributed by atoms with E-state index in [4.69, 9.17) is 9.47 Å². The van der Waals surface area contributed by atoms with Gasteiger partial charge in [0.2, 0.25) is 15.9 Å². The van der Waals surface area contributed by atoms with Gasteiger partial charge < -0.3 is 19.9 Å². The van der Waals surface area contributed by atoms with E-state index in [2.05, 4.69) is 10.0 Å². The molecule has 3 rings (SSSR count). The average Bonchev–Trinajstić information content (AvgIpc) is 2.79. The summed E-state index contributed by atoms with van der Waals surface area (Å²) in [6.07, 6.45) is -0.0174. The highest BCUT2D eigenvalue weighted by atomic mass is 32.2. The highest BCUT2D eigenvalue weighted by molar-refractivity contribution is 7.89. The Morgan fingerprint density at radius 1 is 1.16 bits per heavy atom. The maximum absolute atomic E-state index is 12.7. The van der Waals surface area contributed by atoms with E-state index in [1.165, 1.54) is 19.2 Å². The van der Waals surface area contributed by atoms with Crippen LogP contribution < -0.4 is 14.8 Å². The van der Waals surface area contributed by atoms with Gasteiger partial charge in [0.1, 0.15) is 5.75 Å². The highest BCUT2D eigenvalue weighted by Gasteiger charge is 2.34. The van der Waals surface area contributed by atoms with Crippen molar-refractivity contribution in [3.63, 3.8) is 0 Å². The van der Waals surface area contributed by atoms with E-state index in [0.717, 1.165) is 5.56 Å². The molecule has 0 saturated carbocycles. The van der Waals surface area contributed by atoms with E-state index in [-0.39, 0.29) is 29.9 Å². The summed E-state index contributed by atoms with van der Waals surface area (Å²) in [6.45, 7) is 0.0756. The molecule has 0 spiro atoms. The molecule has 2 aromatic rings. The standard InChI is InChI=1S/C22H28N2O6S/c1-29-17-8-5-9-19(12-17)31(27,28)24-20-11-10-18(30-21(20)15-25)13-22(26)23-14-16-6-3-2-4-7-16/h2-9,12,18,20-21,24-25H,10-11,13-15H2,1H3,(H,23,26)/t18-,20+,21-/m1/s1. The third kappa shape index (κ3) is 6.51. The van der Waals surface area contributed by atoms with Gasteiger partial charge in [-0.2, -0.15) is 0 Å². The number of methoxy groups -OCH3 is 1. The van der Waals surface area contributed by atoms with Crippen molar-refractivity contribution in [1.29, 1.82) is 0 Å². The first-order chi connectivity index (χ1) is 14.9. The van der Waals surface area contributed by atoms with Crippen molar-refractivity contribution in [3.05, 3.63) is 60.2 Å². The first kappa shape index (κ1) is 23.2. The number of carbonyl (C=O) groups excluding carboxylic acids is 1. The minimum absolute atomic E-state index is 0.0750. The van der Waals surface area contributed by atoms with Gasteiger partial charge >= 0.3 is 0 Å². The van der Waals surface area contributed by atoms with Crippen LogP contribution in [0.3, 0.4) is 0 Å². The summed E-state index contributed by atoms with van der Waals surface area (Å²) in [5.41, 5.74) is 1.00. The predicted molar refractivity (Wildman–Crippen MR) is 115 cm³/mol. The maximum Gasteiger partial charge on any atom is 0.241 e. The molecule has 8 nitrogen and oxygen atoms in total. The van der Waals surface area contributed by atoms with Gasteiger partial charge in [0, 0.05) is 12.6 Å². The molecule has 1 amide bonds. The van der Waals surface area contributed by atoms with Gasteiger partial charge in [0.15, 0.2) is 0 Å². The number of aliphatic hydroxyl groups is 1. The summed E-state index contributed by atoms with van der Waals surface area (Å²) < 4.78 is 39.0. The Balaban J connectivity index is 1.54. The fourth-order valence-electron chi connectivity index (χ4n) is 3.53. The molecule has 3 N–H and O–H groups in total. The molecule has 0 aromatic heterocycles. The second-order valence-corrected chi connectivity index (χ2v) is 9.14. The van der Waals surface area contributed by atoms with Crippen molar-refractivity contribution in [3.8, 4) is 5.75 Å². The second kappa shape index (κ2) is 10.7. The Bertz CT molecular complexity index is 967. The zero-order chi connectivity index (χ0) is 22.3. The van der Waals surface area contributed by atoms with Gasteiger partial charge in [-0.1, -0.05) is 36.4 Å². The number of hydrogen-bond donors (Lipinski definition) is 3. The molecule has 1 fully saturated rings. The van der Waals surface area contributed by atoms with Crippen LogP contribution in [0.2, 0.25) is 0 Å². The Hall–Kier alpha value is -2.46. The third-order valence-corrected chi connectivity index (χ3v) is 6.69. The number of ether oxygens (including phenoxy) is 2. The van der Waals surface area contributed by atoms with Crippen LogP contribution in [0, 0.1) is 0 Å². The molecule has 1 aliphatic rings. The number of benzene rings is 2. The smallest absolute Gasteiger partial charge is 0.241 e. The zero-order valence-electron chi connectivity index (χ0n) is 17.4. The third-order valence-electron chi connectivity index (χ3n) is 5.20. The molecule has 1 aliphatic heterocycles. The number of aliphatic hydroxyl groups excluding tert-OH is 1. The van der Waals surface area contributed by atoms with E-state index in [1.807, 2.05) is 30.3 Å². The first-order valence-electron chi connectivity index (χ1n) is 10.1. The summed E-state index contributed by atoms with van der Waals surface area (Å²) >= 11 is 0. The van der Waals surface area contributed by atoms with Crippen molar-refractivity contribution in [2.45, 2.75) is 49.0 Å². The lowest BCUT2D eigenvalue weighted by molar-refractivity contribution is -0.130. The summed E-state index contributed by atoms with van der Waals surface area (Å²) in [7, 11) is -2.35. The van der Waals surface area contributed by atoms with E-state index >= 15 is 0 Å². The maximum atomic E-state index is 12.7. The molecule has 1 saturated heterocycles. The topological polar surface area (TPSA) is 114 Å². The van der Waals surface area contributed by atoms with Crippen LogP contribution in [0.1, 0.15) is 24.8 Å². The van der Waals surface area contributed by atoms with Gasteiger partial charge in [-0.25, -0.2) is 13.1 Å². The zero-order valence-corrected chi connectivity index (χ0v) is 18.2. The normalized spacial score (nSPS) is 21.4. The van der Waals surface area contributed by atoms with Crippen molar-refractivity contribution in [2.75, 3.05) is 13.7 Å². The minimum atomic E-state index is -3.82. The largest absolute Gasteiger partial charge is 0.497 e. The monoisotopic (exact) mass is 448 g/mol. The van der Waals surface area contributed by atoms with Gasteiger partial charge in [0.05, 0.1) is 43.3 Å². The van der Waals surface area contributed by atoms with E-state index in [1.54, 1.807) is 12.1 Å². The van der Waals surface area contributed by atoms with Gasteiger partial charge in [0.25, 0.3) is 0 Å². The van der Waals surface area contributed by atoms with Crippen LogP contribution >= 0.6 is 0 Å². The molecule has 0 aliphatic carbocycles. The number of sulfonamides is 1. The number of carbonyl (C=O) groups is 1. The average molecular weight is 449 g/mol. The molecule has 0 bridgehead atoms. The molecule has 31 heavy (non-hydrogen) atoms. The van der Waals surface area contributed by atoms with Crippen LogP contribution in [-0.4, -0.2) is 51.4 Å². The van der Waals surface area contributed by atoms with E-state index in [0.29, 0.717) is 25.1 Å². The number of amides is 1. The van der Waals surface area contributed by atoms with Crippen LogP contribution in [0.25, 0.3) is 0 Å². The fraction of sp³-hybridized carbons (Fsp3) is 0.409. The molecule has 0 radical (unpaired) electrons. The van der Waals surface area contributed by atoms with E-state index in [9.17, 15) is 18.3 Å². The molecule has 1 heterocycles. The lowest BCUT2D eigenvalue weighted by Gasteiger charge is -2.35. The van der Waals surface area contributed by atoms with Crippen LogP contribution in [0.4, 0.5) is 0 Å². The van der Waals surface area contributed by atoms with Gasteiger partial charge in [-0.05, 0) is 30.5 Å².